The van der Waals surface area contributed by atoms with Crippen LogP contribution in [0.15, 0.2) is 53.3 Å². The second-order valence-corrected chi connectivity index (χ2v) is 12.7. The van der Waals surface area contributed by atoms with Gasteiger partial charge in [-0.15, -0.1) is 0 Å². The van der Waals surface area contributed by atoms with Gasteiger partial charge in [-0.2, -0.15) is 16.9 Å². The molecule has 1 aromatic heterocycles. The molecule has 264 valence electrons. The molecule has 14 heteroatoms. The van der Waals surface area contributed by atoms with Gasteiger partial charge in [0.15, 0.2) is 23.1 Å². The number of carbonyl (C=O) groups is 2. The summed E-state index contributed by atoms with van der Waals surface area (Å²) in [6.07, 6.45) is 3.52. The summed E-state index contributed by atoms with van der Waals surface area (Å²) in [5.41, 5.74) is 4.17. The first-order chi connectivity index (χ1) is 24.2. The molecule has 0 saturated heterocycles. The Balaban J connectivity index is 1.52. The molecule has 0 fully saturated rings. The number of anilines is 2. The molecular formula is C36H42N6O7S. The molecule has 2 amide bonds. The van der Waals surface area contributed by atoms with Gasteiger partial charge < -0.3 is 34.9 Å². The molecule has 5 rings (SSSR count). The van der Waals surface area contributed by atoms with Crippen LogP contribution in [0.2, 0.25) is 0 Å². The van der Waals surface area contributed by atoms with Gasteiger partial charge in [-0.25, -0.2) is 4.98 Å². The number of hydrogen-bond acceptors (Lipinski definition) is 11. The summed E-state index contributed by atoms with van der Waals surface area (Å²) in [6, 6.07) is 13.0. The number of fused-ring (bicyclic) bond motifs is 3. The number of aryl methyl sites for hydroxylation is 1. The molecule has 0 bridgehead atoms. The molecule has 0 radical (unpaired) electrons. The highest BCUT2D eigenvalue weighted by Crippen LogP contribution is 2.50. The van der Waals surface area contributed by atoms with Gasteiger partial charge in [0.05, 0.1) is 33.1 Å². The number of nitrogens with zero attached hydrogens (tertiary/aromatic N) is 2. The lowest BCUT2D eigenvalue weighted by atomic mass is 9.95. The second kappa shape index (κ2) is 16.5. The number of nitrogens with one attached hydrogen (secondary N) is 4. The monoisotopic (exact) mass is 702 g/mol. The van der Waals surface area contributed by atoms with E-state index in [1.165, 1.54) is 20.1 Å². The molecule has 1 aliphatic rings. The van der Waals surface area contributed by atoms with Gasteiger partial charge in [-0.3, -0.25) is 19.5 Å². The minimum Gasteiger partial charge on any atom is -0.493 e. The van der Waals surface area contributed by atoms with E-state index in [9.17, 15) is 14.4 Å². The Morgan fingerprint density at radius 1 is 1.04 bits per heavy atom. The molecule has 0 saturated carbocycles. The summed E-state index contributed by atoms with van der Waals surface area (Å²) >= 11 is 1.60. The van der Waals surface area contributed by atoms with Crippen LogP contribution in [0.4, 0.5) is 11.4 Å². The first-order valence-electron chi connectivity index (χ1n) is 16.1. The van der Waals surface area contributed by atoms with Crippen LogP contribution >= 0.6 is 11.8 Å². The number of hydrogen-bond donors (Lipinski definition) is 4. The van der Waals surface area contributed by atoms with E-state index in [-0.39, 0.29) is 22.9 Å². The van der Waals surface area contributed by atoms with E-state index >= 15 is 0 Å². The van der Waals surface area contributed by atoms with Crippen LogP contribution in [0.3, 0.4) is 0 Å². The van der Waals surface area contributed by atoms with Crippen LogP contribution in [-0.2, 0) is 27.4 Å². The number of rotatable bonds is 14. The molecule has 50 heavy (non-hydrogen) atoms. The summed E-state index contributed by atoms with van der Waals surface area (Å²) in [5.74, 6) is 2.60. The number of ether oxygens (including phenoxy) is 4. The molecule has 13 nitrogen and oxygen atoms in total. The van der Waals surface area contributed by atoms with Crippen LogP contribution in [0.1, 0.15) is 42.8 Å². The molecule has 1 aliphatic carbocycles. The average molecular weight is 703 g/mol. The molecule has 1 heterocycles. The summed E-state index contributed by atoms with van der Waals surface area (Å²) in [5, 5.41) is 16.3. The first kappa shape index (κ1) is 36.2. The van der Waals surface area contributed by atoms with Crippen molar-refractivity contribution in [3.05, 3.63) is 75.7 Å². The first-order valence-corrected chi connectivity index (χ1v) is 17.4. The van der Waals surface area contributed by atoms with Crippen molar-refractivity contribution in [3.63, 3.8) is 0 Å². The molecule has 2 atom stereocenters. The zero-order valence-corrected chi connectivity index (χ0v) is 29.8. The molecular weight excluding hydrogens is 660 g/mol. The largest absolute Gasteiger partial charge is 0.493 e. The standard InChI is InChI=1S/C36H42N6O7S/c1-20(43)37-26-12-10-21-17-30(47-3)33(48-4)34(49-5)32(21)24-11-13-27(29(44)18-25(24)26)39-28(14-15-50-6)36(45)38-23-9-7-8-22(16-23)35-40-31(19-46-2)41-42-35/h7-9,11,13,16-18,26,28H,10,12,14-15,19H2,1-6H3,(H,37,43)(H,38,45)(H,39,44)(H,40,41,42)/t26-,28+/m1/s1. The fourth-order valence-electron chi connectivity index (χ4n) is 6.11. The number of amides is 2. The van der Waals surface area contributed by atoms with Gasteiger partial charge in [0.2, 0.25) is 23.0 Å². The summed E-state index contributed by atoms with van der Waals surface area (Å²) in [6.45, 7) is 1.75. The van der Waals surface area contributed by atoms with Crippen LogP contribution in [0.25, 0.3) is 22.5 Å². The van der Waals surface area contributed by atoms with Gasteiger partial charge in [-0.05, 0) is 78.3 Å². The molecule has 4 N–H and O–H groups in total. The van der Waals surface area contributed by atoms with Gasteiger partial charge in [0, 0.05) is 30.8 Å². The number of aromatic nitrogens is 3. The third kappa shape index (κ3) is 8.03. The van der Waals surface area contributed by atoms with Crippen molar-refractivity contribution in [1.29, 1.82) is 0 Å². The highest BCUT2D eigenvalue weighted by molar-refractivity contribution is 7.98. The fourth-order valence-corrected chi connectivity index (χ4v) is 6.58. The number of aromatic amines is 1. The Kier molecular flexibility index (Phi) is 12.0. The van der Waals surface area contributed by atoms with Gasteiger partial charge >= 0.3 is 0 Å². The Morgan fingerprint density at radius 2 is 1.84 bits per heavy atom. The lowest BCUT2D eigenvalue weighted by Crippen LogP contribution is -2.36. The van der Waals surface area contributed by atoms with Gasteiger partial charge in [-0.1, -0.05) is 18.2 Å². The molecule has 3 aromatic carbocycles. The van der Waals surface area contributed by atoms with E-state index in [1.54, 1.807) is 51.3 Å². The van der Waals surface area contributed by atoms with Crippen LogP contribution in [-0.4, -0.2) is 73.5 Å². The Morgan fingerprint density at radius 3 is 2.54 bits per heavy atom. The molecule has 4 aromatic rings. The van der Waals surface area contributed by atoms with E-state index < -0.39 is 12.1 Å². The third-order valence-corrected chi connectivity index (χ3v) is 9.02. The van der Waals surface area contributed by atoms with Crippen LogP contribution in [0, 0.1) is 0 Å². The highest BCUT2D eigenvalue weighted by atomic mass is 32.2. The summed E-state index contributed by atoms with van der Waals surface area (Å²) < 4.78 is 22.3. The highest BCUT2D eigenvalue weighted by Gasteiger charge is 2.30. The van der Waals surface area contributed by atoms with E-state index in [4.69, 9.17) is 18.9 Å². The Hall–Kier alpha value is -5.08. The van der Waals surface area contributed by atoms with E-state index in [0.29, 0.717) is 82.9 Å². The predicted molar refractivity (Wildman–Crippen MR) is 194 cm³/mol. The summed E-state index contributed by atoms with van der Waals surface area (Å²) in [7, 11) is 6.23. The van der Waals surface area contributed by atoms with Crippen molar-refractivity contribution in [2.75, 3.05) is 51.1 Å². The van der Waals surface area contributed by atoms with Crippen molar-refractivity contribution in [2.45, 2.75) is 44.9 Å². The van der Waals surface area contributed by atoms with Crippen molar-refractivity contribution in [3.8, 4) is 39.8 Å². The minimum absolute atomic E-state index is 0.220. The normalized spacial score (nSPS) is 14.0. The SMILES string of the molecule is COCc1nc(-c2cccc(NC(=O)[C@H](CCSC)Nc3ccc4c(cc3=O)[C@H](NC(C)=O)CCc3cc(OC)c(OC)c(OC)c3-4)c2)n[nH]1. The van der Waals surface area contributed by atoms with Crippen molar-refractivity contribution >= 4 is 35.0 Å². The lowest BCUT2D eigenvalue weighted by molar-refractivity contribution is -0.120. The minimum atomic E-state index is -0.741. The average Bonchev–Trinajstić information content (AvgIpc) is 3.46. The van der Waals surface area contributed by atoms with Crippen LogP contribution < -0.4 is 35.6 Å². The number of H-pyrrole nitrogens is 1. The Bertz CT molecular complexity index is 1920. The zero-order valence-electron chi connectivity index (χ0n) is 29.0. The fraction of sp³-hybridized carbons (Fsp3) is 0.361. The van der Waals surface area contributed by atoms with Gasteiger partial charge in [0.25, 0.3) is 0 Å². The van der Waals surface area contributed by atoms with Crippen LogP contribution in [0.5, 0.6) is 17.2 Å². The van der Waals surface area contributed by atoms with E-state index in [1.807, 2.05) is 30.5 Å². The Labute approximate surface area is 294 Å². The smallest absolute Gasteiger partial charge is 0.246 e. The number of benzene rings is 2. The predicted octanol–water partition coefficient (Wildman–Crippen LogP) is 4.97. The van der Waals surface area contributed by atoms with E-state index in [2.05, 4.69) is 31.1 Å². The van der Waals surface area contributed by atoms with Crippen molar-refractivity contribution < 1.29 is 28.5 Å². The number of methoxy groups -OCH3 is 4. The maximum Gasteiger partial charge on any atom is 0.246 e. The van der Waals surface area contributed by atoms with Crippen molar-refractivity contribution in [1.82, 2.24) is 20.5 Å². The molecule has 0 unspecified atom stereocenters. The second-order valence-electron chi connectivity index (χ2n) is 11.7. The molecule has 0 spiro atoms. The third-order valence-electron chi connectivity index (χ3n) is 8.37. The van der Waals surface area contributed by atoms with E-state index in [0.717, 1.165) is 11.1 Å². The topological polar surface area (TPSA) is 166 Å². The lowest BCUT2D eigenvalue weighted by Gasteiger charge is -2.19. The number of carbonyl (C=O) groups excluding carboxylic acids is 2. The van der Waals surface area contributed by atoms with Crippen molar-refractivity contribution in [2.24, 2.45) is 0 Å². The number of thioether (sulfide) groups is 1. The van der Waals surface area contributed by atoms with Gasteiger partial charge in [0.1, 0.15) is 12.6 Å². The zero-order chi connectivity index (χ0) is 35.8. The summed E-state index contributed by atoms with van der Waals surface area (Å²) in [4.78, 5) is 44.5. The quantitative estimate of drug-likeness (QED) is 0.140. The molecule has 0 aliphatic heterocycles. The maximum absolute atomic E-state index is 14.0. The maximum atomic E-state index is 14.0.